The molecule has 45 heavy (non-hydrogen) atoms. The SMILES string of the molecule is C=CCNC(=O)C(=O)C(CC)NC(=O)C(C)N(CCC)C(=O)C(NC(=O)NC(CNCCN(S)C(C)C)C(C)(C)C)C(C)(C)C. The number of carbonyl (C=O) groups excluding carboxylic acids is 5. The van der Waals surface area contributed by atoms with Crippen LogP contribution < -0.4 is 26.6 Å². The van der Waals surface area contributed by atoms with Crippen molar-refractivity contribution in [3.05, 3.63) is 12.7 Å². The van der Waals surface area contributed by atoms with Crippen molar-refractivity contribution in [1.29, 1.82) is 0 Å². The number of hydrogen-bond donors (Lipinski definition) is 6. The maximum atomic E-state index is 14.0. The molecule has 4 atom stereocenters. The van der Waals surface area contributed by atoms with E-state index in [1.807, 2.05) is 52.8 Å². The van der Waals surface area contributed by atoms with Crippen LogP contribution in [0.3, 0.4) is 0 Å². The highest BCUT2D eigenvalue weighted by atomic mass is 32.1. The van der Waals surface area contributed by atoms with Gasteiger partial charge in [-0.15, -0.1) is 6.58 Å². The molecule has 0 fully saturated rings. The summed E-state index contributed by atoms with van der Waals surface area (Å²) >= 11 is 4.47. The van der Waals surface area contributed by atoms with Gasteiger partial charge in [-0.2, -0.15) is 0 Å². The van der Waals surface area contributed by atoms with E-state index in [1.165, 1.54) is 11.0 Å². The molecular formula is C32H61N7O5S. The molecule has 0 aromatic carbocycles. The van der Waals surface area contributed by atoms with Crippen molar-refractivity contribution in [2.24, 2.45) is 10.8 Å². The van der Waals surface area contributed by atoms with Crippen molar-refractivity contribution in [3.63, 3.8) is 0 Å². The van der Waals surface area contributed by atoms with E-state index in [4.69, 9.17) is 0 Å². The molecule has 4 unspecified atom stereocenters. The number of rotatable bonds is 19. The summed E-state index contributed by atoms with van der Waals surface area (Å²) in [7, 11) is 0. The lowest BCUT2D eigenvalue weighted by Crippen LogP contribution is -2.62. The monoisotopic (exact) mass is 655 g/mol. The maximum absolute atomic E-state index is 14.0. The number of thiol groups is 1. The molecule has 5 amide bonds. The van der Waals surface area contributed by atoms with Gasteiger partial charge in [-0.1, -0.05) is 74.3 Å². The normalized spacial score (nSPS) is 14.6. The molecule has 0 aliphatic rings. The Kier molecular flexibility index (Phi) is 18.6. The third-order valence-electron chi connectivity index (χ3n) is 7.47. The van der Waals surface area contributed by atoms with Gasteiger partial charge < -0.3 is 31.5 Å². The quantitative estimate of drug-likeness (QED) is 0.0542. The highest BCUT2D eigenvalue weighted by molar-refractivity contribution is 7.77. The van der Waals surface area contributed by atoms with Crippen LogP contribution in [0.5, 0.6) is 0 Å². The lowest BCUT2D eigenvalue weighted by Gasteiger charge is -2.38. The van der Waals surface area contributed by atoms with Gasteiger partial charge in [0.2, 0.25) is 17.6 Å². The molecule has 0 spiro atoms. The van der Waals surface area contributed by atoms with Crippen LogP contribution in [-0.4, -0.2) is 102 Å². The fourth-order valence-corrected chi connectivity index (χ4v) is 4.45. The molecule has 0 saturated heterocycles. The minimum absolute atomic E-state index is 0.124. The minimum atomic E-state index is -1.05. The van der Waals surface area contributed by atoms with Gasteiger partial charge in [0.05, 0.1) is 6.04 Å². The second kappa shape index (κ2) is 19.8. The van der Waals surface area contributed by atoms with Gasteiger partial charge in [0, 0.05) is 44.8 Å². The Labute approximate surface area is 277 Å². The standard InChI is InChI=1S/C32H61N7O5S/c1-13-16-34-28(42)25(40)23(15-3)35-27(41)22(6)38(18-14-2)29(43)26(32(10,11)12)37-30(44)36-24(31(7,8)9)20-33-17-19-39(45)21(4)5/h13,21-24,26,33,45H,1,14-20H2,2-12H3,(H,34,42)(H,35,41)(H2,36,37,44). The lowest BCUT2D eigenvalue weighted by molar-refractivity contribution is -0.145. The number of Topliss-reactive ketones (excluding diaryl/α,β-unsaturated/α-hetero) is 1. The Morgan fingerprint density at radius 3 is 1.96 bits per heavy atom. The van der Waals surface area contributed by atoms with Crippen molar-refractivity contribution in [1.82, 2.24) is 35.8 Å². The van der Waals surface area contributed by atoms with Gasteiger partial charge >= 0.3 is 6.03 Å². The molecule has 0 saturated carbocycles. The number of nitrogens with zero attached hydrogens (tertiary/aromatic N) is 2. The Balaban J connectivity index is 5.80. The number of hydrogen-bond acceptors (Lipinski definition) is 8. The van der Waals surface area contributed by atoms with Crippen LogP contribution in [0.15, 0.2) is 12.7 Å². The number of ketones is 1. The summed E-state index contributed by atoms with van der Waals surface area (Å²) in [4.78, 5) is 66.9. The van der Waals surface area contributed by atoms with E-state index in [0.717, 1.165) is 6.54 Å². The largest absolute Gasteiger partial charge is 0.346 e. The topological polar surface area (TPSA) is 152 Å². The second-order valence-electron chi connectivity index (χ2n) is 13.8. The Morgan fingerprint density at radius 1 is 0.889 bits per heavy atom. The van der Waals surface area contributed by atoms with Gasteiger partial charge in [-0.3, -0.25) is 19.2 Å². The Hall–Kier alpha value is -2.64. The van der Waals surface area contributed by atoms with E-state index in [0.29, 0.717) is 25.6 Å². The predicted molar refractivity (Wildman–Crippen MR) is 184 cm³/mol. The van der Waals surface area contributed by atoms with E-state index >= 15 is 0 Å². The van der Waals surface area contributed by atoms with Crippen molar-refractivity contribution >= 4 is 42.4 Å². The highest BCUT2D eigenvalue weighted by Crippen LogP contribution is 2.23. The molecule has 0 rings (SSSR count). The summed E-state index contributed by atoms with van der Waals surface area (Å²) in [5, 5.41) is 14.4. The summed E-state index contributed by atoms with van der Waals surface area (Å²) < 4.78 is 1.93. The molecule has 13 heteroatoms. The fraction of sp³-hybridized carbons (Fsp3) is 0.781. The van der Waals surface area contributed by atoms with Crippen LogP contribution in [0.4, 0.5) is 4.79 Å². The molecule has 5 N–H and O–H groups in total. The van der Waals surface area contributed by atoms with Crippen molar-refractivity contribution in [2.75, 3.05) is 32.7 Å². The van der Waals surface area contributed by atoms with Crippen molar-refractivity contribution in [3.8, 4) is 0 Å². The first-order chi connectivity index (χ1) is 20.7. The Morgan fingerprint density at radius 2 is 1.49 bits per heavy atom. The molecule has 0 bridgehead atoms. The molecule has 0 aromatic heterocycles. The smallest absolute Gasteiger partial charge is 0.315 e. The Bertz CT molecular complexity index is 993. The molecule has 12 nitrogen and oxygen atoms in total. The zero-order valence-corrected chi connectivity index (χ0v) is 30.4. The molecule has 0 radical (unpaired) electrons. The maximum Gasteiger partial charge on any atom is 0.315 e. The molecule has 0 aromatic rings. The molecule has 0 aliphatic heterocycles. The van der Waals surface area contributed by atoms with Gasteiger partial charge in [0.25, 0.3) is 5.91 Å². The van der Waals surface area contributed by atoms with Crippen LogP contribution in [0.1, 0.15) is 89.0 Å². The first-order valence-electron chi connectivity index (χ1n) is 16.0. The summed E-state index contributed by atoms with van der Waals surface area (Å²) in [5.74, 6) is -2.58. The molecule has 0 heterocycles. The second-order valence-corrected chi connectivity index (χ2v) is 14.4. The van der Waals surface area contributed by atoms with Crippen LogP contribution in [-0.2, 0) is 19.2 Å². The summed E-state index contributed by atoms with van der Waals surface area (Å²) in [6.07, 6.45) is 2.21. The van der Waals surface area contributed by atoms with E-state index in [9.17, 15) is 24.0 Å². The van der Waals surface area contributed by atoms with Gasteiger partial charge in [-0.05, 0) is 44.4 Å². The molecule has 260 valence electrons. The number of carbonyl (C=O) groups is 5. The average molecular weight is 656 g/mol. The first-order valence-corrected chi connectivity index (χ1v) is 16.4. The van der Waals surface area contributed by atoms with Crippen LogP contribution in [0.2, 0.25) is 0 Å². The minimum Gasteiger partial charge on any atom is -0.346 e. The first kappa shape index (κ1) is 42.4. The summed E-state index contributed by atoms with van der Waals surface area (Å²) in [5.41, 5.74) is -0.967. The third-order valence-corrected chi connectivity index (χ3v) is 8.13. The lowest BCUT2D eigenvalue weighted by atomic mass is 9.85. The van der Waals surface area contributed by atoms with Crippen molar-refractivity contribution in [2.45, 2.75) is 119 Å². The highest BCUT2D eigenvalue weighted by Gasteiger charge is 2.39. The zero-order chi connectivity index (χ0) is 35.1. The summed E-state index contributed by atoms with van der Waals surface area (Å²) in [6.45, 7) is 26.7. The van der Waals surface area contributed by atoms with Crippen molar-refractivity contribution < 1.29 is 24.0 Å². The van der Waals surface area contributed by atoms with E-state index < -0.39 is 53.1 Å². The van der Waals surface area contributed by atoms with Crippen LogP contribution in [0.25, 0.3) is 0 Å². The van der Waals surface area contributed by atoms with Crippen LogP contribution >= 0.6 is 12.8 Å². The van der Waals surface area contributed by atoms with Crippen LogP contribution in [0, 0.1) is 10.8 Å². The van der Waals surface area contributed by atoms with E-state index in [2.05, 4.69) is 59.8 Å². The average Bonchev–Trinajstić information content (AvgIpc) is 2.94. The summed E-state index contributed by atoms with van der Waals surface area (Å²) in [6, 6.07) is -3.40. The third kappa shape index (κ3) is 15.0. The zero-order valence-electron chi connectivity index (χ0n) is 29.5. The van der Waals surface area contributed by atoms with E-state index in [1.54, 1.807) is 13.8 Å². The fourth-order valence-electron chi connectivity index (χ4n) is 4.35. The van der Waals surface area contributed by atoms with Gasteiger partial charge in [0.1, 0.15) is 12.1 Å². The molecular weight excluding hydrogens is 594 g/mol. The predicted octanol–water partition coefficient (Wildman–Crippen LogP) is 2.65. The van der Waals surface area contributed by atoms with Gasteiger partial charge in [-0.25, -0.2) is 9.10 Å². The van der Waals surface area contributed by atoms with Gasteiger partial charge in [0.15, 0.2) is 0 Å². The van der Waals surface area contributed by atoms with E-state index in [-0.39, 0.29) is 31.0 Å². The number of urea groups is 1. The molecule has 0 aliphatic carbocycles. The number of amides is 5. The number of nitrogens with one attached hydrogen (secondary N) is 5.